The molecule has 3 aromatic heterocycles. The fourth-order valence-corrected chi connectivity index (χ4v) is 7.59. The van der Waals surface area contributed by atoms with Crippen molar-refractivity contribution in [1.82, 2.24) is 24.1 Å². The van der Waals surface area contributed by atoms with Gasteiger partial charge in [-0.2, -0.15) is 0 Å². The molecule has 5 nitrogen and oxygen atoms in total. The maximum atomic E-state index is 5.02. The van der Waals surface area contributed by atoms with Crippen LogP contribution in [0.3, 0.4) is 0 Å². The van der Waals surface area contributed by atoms with Gasteiger partial charge in [0, 0.05) is 50.0 Å². The zero-order valence-electron chi connectivity index (χ0n) is 27.2. The second kappa shape index (κ2) is 11.5. The van der Waals surface area contributed by atoms with E-state index >= 15 is 0 Å². The molecule has 6 aromatic carbocycles. The van der Waals surface area contributed by atoms with Crippen LogP contribution in [0, 0.1) is 0 Å². The van der Waals surface area contributed by atoms with Crippen LogP contribution in [0.25, 0.3) is 77.8 Å². The van der Waals surface area contributed by atoms with Gasteiger partial charge < -0.3 is 9.13 Å². The van der Waals surface area contributed by atoms with E-state index in [1.165, 1.54) is 43.6 Å². The summed E-state index contributed by atoms with van der Waals surface area (Å²) in [6.07, 6.45) is 7.61. The summed E-state index contributed by atoms with van der Waals surface area (Å²) in [6.45, 7) is 0. The second-order valence-corrected chi connectivity index (χ2v) is 12.8. The normalized spacial score (nSPS) is 14.6. The van der Waals surface area contributed by atoms with Gasteiger partial charge in [-0.05, 0) is 42.8 Å². The molecule has 1 aliphatic carbocycles. The van der Waals surface area contributed by atoms with Crippen molar-refractivity contribution in [1.29, 1.82) is 0 Å². The molecule has 0 N–H and O–H groups in total. The van der Waals surface area contributed by atoms with Crippen LogP contribution in [0.15, 0.2) is 170 Å². The number of hydrogen-bond acceptors (Lipinski definition) is 3. The lowest BCUT2D eigenvalue weighted by molar-refractivity contribution is 0.763. The Hall–Kier alpha value is -6.59. The summed E-state index contributed by atoms with van der Waals surface area (Å²) >= 11 is 0. The maximum Gasteiger partial charge on any atom is 0.163 e. The van der Waals surface area contributed by atoms with Crippen molar-refractivity contribution in [3.05, 3.63) is 176 Å². The largest absolute Gasteiger partial charge is 0.309 e. The lowest BCUT2D eigenvalue weighted by atomic mass is 9.98. The van der Waals surface area contributed by atoms with Crippen molar-refractivity contribution in [3.63, 3.8) is 0 Å². The van der Waals surface area contributed by atoms with Crippen LogP contribution >= 0.6 is 0 Å². The third-order valence-corrected chi connectivity index (χ3v) is 9.87. The van der Waals surface area contributed by atoms with Gasteiger partial charge in [-0.15, -0.1) is 0 Å². The molecule has 0 spiro atoms. The highest BCUT2D eigenvalue weighted by atomic mass is 15.0. The van der Waals surface area contributed by atoms with Crippen molar-refractivity contribution < 1.29 is 0 Å². The Morgan fingerprint density at radius 2 is 1.06 bits per heavy atom. The standard InChI is InChI=1S/C45H31N5/c1-4-14-30(15-5-1)43-46-44(31-16-6-2-7-17-31)48-45(47-43)32-24-26-34(27-25-32)49-39-23-13-11-21-37(39)41-40(49)29-28-36-35-20-10-12-22-38(35)50(42(36)41)33-18-8-3-9-19-33/h1-24,26-29,32H,25H2. The minimum Gasteiger partial charge on any atom is -0.309 e. The Morgan fingerprint density at radius 1 is 0.480 bits per heavy atom. The Kier molecular flexibility index (Phi) is 6.56. The number of allylic oxidation sites excluding steroid dienone is 4. The molecule has 0 radical (unpaired) electrons. The number of nitrogens with zero attached hydrogens (tertiary/aromatic N) is 5. The molecule has 50 heavy (non-hydrogen) atoms. The van der Waals surface area contributed by atoms with Gasteiger partial charge in [0.25, 0.3) is 0 Å². The van der Waals surface area contributed by atoms with Crippen LogP contribution in [0.5, 0.6) is 0 Å². The molecule has 5 heteroatoms. The number of benzene rings is 6. The topological polar surface area (TPSA) is 48.5 Å². The SMILES string of the molecule is C1=CC(c2nc(-c3ccccc3)nc(-c3ccccc3)n2)CC=C1n1c2ccccc2c2c1ccc1c3ccccc3n(-c3ccccc3)c12. The first-order valence-electron chi connectivity index (χ1n) is 17.1. The van der Waals surface area contributed by atoms with Crippen LogP contribution in [0.4, 0.5) is 0 Å². The first-order valence-corrected chi connectivity index (χ1v) is 17.1. The maximum absolute atomic E-state index is 5.02. The van der Waals surface area contributed by atoms with Crippen LogP contribution < -0.4 is 0 Å². The van der Waals surface area contributed by atoms with E-state index < -0.39 is 0 Å². The Bertz CT molecular complexity index is 2720. The van der Waals surface area contributed by atoms with E-state index in [1.807, 2.05) is 36.4 Å². The summed E-state index contributed by atoms with van der Waals surface area (Å²) in [7, 11) is 0. The number of rotatable bonds is 5. The number of para-hydroxylation sites is 3. The minimum absolute atomic E-state index is 0.0204. The lowest BCUT2D eigenvalue weighted by Gasteiger charge is -2.18. The second-order valence-electron chi connectivity index (χ2n) is 12.8. The van der Waals surface area contributed by atoms with E-state index in [-0.39, 0.29) is 5.92 Å². The van der Waals surface area contributed by atoms with Crippen molar-refractivity contribution in [2.75, 3.05) is 0 Å². The van der Waals surface area contributed by atoms with Gasteiger partial charge in [-0.1, -0.05) is 133 Å². The van der Waals surface area contributed by atoms with Crippen molar-refractivity contribution in [2.45, 2.75) is 12.3 Å². The molecule has 1 atom stereocenters. The fourth-order valence-electron chi connectivity index (χ4n) is 7.59. The van der Waals surface area contributed by atoms with E-state index in [4.69, 9.17) is 15.0 Å². The van der Waals surface area contributed by atoms with E-state index in [1.54, 1.807) is 0 Å². The molecule has 9 aromatic rings. The average molecular weight is 642 g/mol. The molecule has 0 saturated carbocycles. The fraction of sp³-hybridized carbons (Fsp3) is 0.0444. The summed E-state index contributed by atoms with van der Waals surface area (Å²) in [5, 5.41) is 5.01. The summed E-state index contributed by atoms with van der Waals surface area (Å²) in [5.74, 6) is 2.18. The molecule has 236 valence electrons. The van der Waals surface area contributed by atoms with Crippen molar-refractivity contribution in [3.8, 4) is 28.5 Å². The molecular formula is C45H31N5. The van der Waals surface area contributed by atoms with E-state index in [2.05, 4.69) is 143 Å². The summed E-state index contributed by atoms with van der Waals surface area (Å²) in [4.78, 5) is 14.9. The predicted molar refractivity (Wildman–Crippen MR) is 205 cm³/mol. The van der Waals surface area contributed by atoms with Crippen LogP contribution in [-0.4, -0.2) is 24.1 Å². The minimum atomic E-state index is 0.0204. The molecule has 3 heterocycles. The van der Waals surface area contributed by atoms with Gasteiger partial charge in [-0.3, -0.25) is 0 Å². The quantitative estimate of drug-likeness (QED) is 0.188. The van der Waals surface area contributed by atoms with Gasteiger partial charge in [0.05, 0.1) is 22.1 Å². The average Bonchev–Trinajstić information content (AvgIpc) is 3.72. The zero-order chi connectivity index (χ0) is 33.0. The monoisotopic (exact) mass is 641 g/mol. The van der Waals surface area contributed by atoms with Crippen molar-refractivity contribution >= 4 is 49.3 Å². The van der Waals surface area contributed by atoms with Gasteiger partial charge >= 0.3 is 0 Å². The Morgan fingerprint density at radius 3 is 1.70 bits per heavy atom. The Balaban J connectivity index is 1.13. The molecule has 0 fully saturated rings. The first kappa shape index (κ1) is 28.4. The molecule has 0 aliphatic heterocycles. The van der Waals surface area contributed by atoms with Crippen LogP contribution in [-0.2, 0) is 0 Å². The number of fused-ring (bicyclic) bond motifs is 7. The lowest BCUT2D eigenvalue weighted by Crippen LogP contribution is -2.09. The number of aromatic nitrogens is 5. The van der Waals surface area contributed by atoms with Crippen LogP contribution in [0.2, 0.25) is 0 Å². The molecule has 1 aliphatic rings. The highest BCUT2D eigenvalue weighted by Crippen LogP contribution is 2.42. The van der Waals surface area contributed by atoms with E-state index in [9.17, 15) is 0 Å². The number of hydrogen-bond donors (Lipinski definition) is 0. The molecule has 0 amide bonds. The third kappa shape index (κ3) is 4.51. The zero-order valence-corrected chi connectivity index (χ0v) is 27.2. The highest BCUT2D eigenvalue weighted by molar-refractivity contribution is 6.26. The van der Waals surface area contributed by atoms with E-state index in [0.29, 0.717) is 11.6 Å². The van der Waals surface area contributed by atoms with Gasteiger partial charge in [0.1, 0.15) is 5.82 Å². The molecule has 1 unspecified atom stereocenters. The van der Waals surface area contributed by atoms with Crippen LogP contribution in [0.1, 0.15) is 18.2 Å². The van der Waals surface area contributed by atoms with Gasteiger partial charge in [-0.25, -0.2) is 15.0 Å². The smallest absolute Gasteiger partial charge is 0.163 e. The summed E-state index contributed by atoms with van der Waals surface area (Å²) in [5.41, 5.74) is 9.08. The van der Waals surface area contributed by atoms with E-state index in [0.717, 1.165) is 34.8 Å². The predicted octanol–water partition coefficient (Wildman–Crippen LogP) is 11.0. The third-order valence-electron chi connectivity index (χ3n) is 9.87. The molecule has 10 rings (SSSR count). The molecular weight excluding hydrogens is 611 g/mol. The summed E-state index contributed by atoms with van der Waals surface area (Å²) < 4.78 is 4.85. The highest BCUT2D eigenvalue weighted by Gasteiger charge is 2.23. The van der Waals surface area contributed by atoms with Gasteiger partial charge in [0.15, 0.2) is 11.6 Å². The van der Waals surface area contributed by atoms with Crippen molar-refractivity contribution in [2.24, 2.45) is 0 Å². The van der Waals surface area contributed by atoms with Gasteiger partial charge in [0.2, 0.25) is 0 Å². The Labute approximate surface area is 289 Å². The molecule has 0 bridgehead atoms. The summed E-state index contributed by atoms with van der Waals surface area (Å²) in [6, 6.07) is 53.2. The first-order chi connectivity index (χ1) is 24.8. The molecule has 0 saturated heterocycles.